The van der Waals surface area contributed by atoms with Gasteiger partial charge in [0.15, 0.2) is 11.4 Å². The Kier molecular flexibility index (Phi) is 15.1. The molecule has 0 spiro atoms. The van der Waals surface area contributed by atoms with Crippen molar-refractivity contribution < 1.29 is 44.5 Å². The van der Waals surface area contributed by atoms with Gasteiger partial charge >= 0.3 is 5.97 Å². The number of rotatable bonds is 6. The molecule has 1 aromatic rings. The molecule has 2 saturated heterocycles. The molecule has 6 N–H and O–H groups in total. The van der Waals surface area contributed by atoms with Crippen LogP contribution in [0.5, 0.6) is 0 Å². The number of nitrogens with one attached hydrogen (secondary N) is 1. The number of cyclic esters (lactones) is 1. The van der Waals surface area contributed by atoms with Crippen molar-refractivity contribution in [3.8, 4) is 0 Å². The van der Waals surface area contributed by atoms with Gasteiger partial charge in [-0.25, -0.2) is 0 Å². The number of aliphatic hydroxyl groups excluding tert-OH is 3. The van der Waals surface area contributed by atoms with E-state index < -0.39 is 71.9 Å². The van der Waals surface area contributed by atoms with Crippen molar-refractivity contribution in [3.05, 3.63) is 35.9 Å². The molecule has 286 valence electrons. The number of benzene rings is 1. The third kappa shape index (κ3) is 10.1. The normalized spacial score (nSPS) is 41.2. The van der Waals surface area contributed by atoms with Gasteiger partial charge in [-0.3, -0.25) is 4.79 Å². The van der Waals surface area contributed by atoms with Crippen LogP contribution >= 0.6 is 12.2 Å². The summed E-state index contributed by atoms with van der Waals surface area (Å²) in [7, 11) is 3.74. The number of carbonyl (C=O) groups is 1. The highest BCUT2D eigenvalue weighted by Gasteiger charge is 2.50. The Labute approximate surface area is 304 Å². The van der Waals surface area contributed by atoms with Crippen molar-refractivity contribution in [1.82, 2.24) is 15.1 Å². The SMILES string of the molecule is CC[C@H]1OC(=O)[C@H](C)[C@@H](O)[C@H](C)[C@@H](O[C@@H]2O[C@H](C)C[C@H](N(C)C)[C@H]2O)[C@](C)(O)C[C@@H](C)CN(C(=S)NCc2ccccc2)[C@H](C)[C@@H](O)[C@]1(C)O. The molecule has 3 rings (SSSR count). The van der Waals surface area contributed by atoms with Crippen LogP contribution in [-0.4, -0.2) is 133 Å². The summed E-state index contributed by atoms with van der Waals surface area (Å²) in [5.41, 5.74) is -2.49. The topological polar surface area (TPSA) is 164 Å². The van der Waals surface area contributed by atoms with Crippen LogP contribution in [0.2, 0.25) is 0 Å². The standard InChI is InChI=1S/C37H63N3O9S/c1-11-28-37(8,46)31(43)25(6)40(35(50)38-19-26-15-13-12-14-16-26)20-21(2)18-36(7,45)32(23(4)29(41)24(5)33(44)48-28)49-34-30(42)27(39(9)10)17-22(3)47-34/h12-16,21-25,27-32,34,41-43,45-46H,11,17-20H2,1-10H3,(H,38,50)/t21-,22-,23+,24-,25-,27+,28-,29+,30-,31-,32-,34+,36-,37-/m1/s1. The molecule has 0 unspecified atom stereocenters. The second-order valence-corrected chi connectivity index (χ2v) is 15.9. The van der Waals surface area contributed by atoms with E-state index in [1.54, 1.807) is 32.6 Å². The number of hydrogen-bond donors (Lipinski definition) is 6. The first kappa shape index (κ1) is 42.5. The summed E-state index contributed by atoms with van der Waals surface area (Å²) in [6.07, 6.45) is -6.46. The first-order valence-corrected chi connectivity index (χ1v) is 18.4. The molecule has 0 aromatic heterocycles. The summed E-state index contributed by atoms with van der Waals surface area (Å²) in [6.45, 7) is 14.3. The molecule has 0 bridgehead atoms. The third-order valence-corrected chi connectivity index (χ3v) is 11.1. The second kappa shape index (κ2) is 17.7. The minimum atomic E-state index is -1.89. The monoisotopic (exact) mass is 725 g/mol. The van der Waals surface area contributed by atoms with E-state index in [0.717, 1.165) is 5.56 Å². The van der Waals surface area contributed by atoms with Gasteiger partial charge in [0.25, 0.3) is 0 Å². The van der Waals surface area contributed by atoms with Crippen LogP contribution in [0.15, 0.2) is 30.3 Å². The minimum absolute atomic E-state index is 0.150. The predicted molar refractivity (Wildman–Crippen MR) is 195 cm³/mol. The molecule has 0 radical (unpaired) electrons. The van der Waals surface area contributed by atoms with Gasteiger partial charge in [-0.15, -0.1) is 0 Å². The van der Waals surface area contributed by atoms with E-state index in [1.807, 2.05) is 63.2 Å². The summed E-state index contributed by atoms with van der Waals surface area (Å²) in [5.74, 6) is -2.98. The van der Waals surface area contributed by atoms with Crippen molar-refractivity contribution in [2.24, 2.45) is 17.8 Å². The van der Waals surface area contributed by atoms with E-state index in [-0.39, 0.29) is 37.5 Å². The number of thiocarbonyl (C=S) groups is 1. The van der Waals surface area contributed by atoms with Gasteiger partial charge in [0.05, 0.1) is 35.9 Å². The van der Waals surface area contributed by atoms with Crippen LogP contribution in [0.25, 0.3) is 0 Å². The highest BCUT2D eigenvalue weighted by atomic mass is 32.1. The van der Waals surface area contributed by atoms with Crippen LogP contribution in [0.1, 0.15) is 80.2 Å². The Balaban J connectivity index is 2.05. The summed E-state index contributed by atoms with van der Waals surface area (Å²) in [4.78, 5) is 17.3. The average molecular weight is 726 g/mol. The van der Waals surface area contributed by atoms with E-state index in [9.17, 15) is 30.3 Å². The fourth-order valence-corrected chi connectivity index (χ4v) is 7.97. The molecule has 50 heavy (non-hydrogen) atoms. The van der Waals surface area contributed by atoms with Crippen LogP contribution in [-0.2, 0) is 25.5 Å². The summed E-state index contributed by atoms with van der Waals surface area (Å²) in [5, 5.41) is 62.3. The second-order valence-electron chi connectivity index (χ2n) is 15.5. The van der Waals surface area contributed by atoms with Crippen LogP contribution in [0.4, 0.5) is 0 Å². The highest BCUT2D eigenvalue weighted by Crippen LogP contribution is 2.36. The molecule has 0 aliphatic carbocycles. The van der Waals surface area contributed by atoms with E-state index in [1.165, 1.54) is 13.8 Å². The Morgan fingerprint density at radius 1 is 1.06 bits per heavy atom. The van der Waals surface area contributed by atoms with Crippen LogP contribution in [0.3, 0.4) is 0 Å². The van der Waals surface area contributed by atoms with E-state index in [2.05, 4.69) is 5.32 Å². The molecule has 2 aliphatic rings. The zero-order valence-electron chi connectivity index (χ0n) is 31.5. The maximum absolute atomic E-state index is 13.6. The number of aliphatic hydroxyl groups is 5. The van der Waals surface area contributed by atoms with Gasteiger partial charge in [-0.2, -0.15) is 0 Å². The number of nitrogens with zero attached hydrogens (tertiary/aromatic N) is 2. The van der Waals surface area contributed by atoms with Gasteiger partial charge in [-0.05, 0) is 91.7 Å². The Morgan fingerprint density at radius 2 is 1.68 bits per heavy atom. The van der Waals surface area contributed by atoms with Gasteiger partial charge in [0, 0.05) is 25.0 Å². The molecular formula is C37H63N3O9S. The lowest BCUT2D eigenvalue weighted by Crippen LogP contribution is -2.61. The lowest BCUT2D eigenvalue weighted by atomic mass is 9.78. The number of likely N-dealkylation sites (N-methyl/N-ethyl adjacent to an activating group) is 1. The maximum atomic E-state index is 13.6. The van der Waals surface area contributed by atoms with E-state index in [4.69, 9.17) is 26.4 Å². The molecular weight excluding hydrogens is 662 g/mol. The Bertz CT molecular complexity index is 1240. The fraction of sp³-hybridized carbons (Fsp3) is 0.784. The third-order valence-electron chi connectivity index (χ3n) is 10.7. The highest BCUT2D eigenvalue weighted by molar-refractivity contribution is 7.80. The molecule has 2 aliphatic heterocycles. The summed E-state index contributed by atoms with van der Waals surface area (Å²) >= 11 is 5.88. The molecule has 13 heteroatoms. The maximum Gasteiger partial charge on any atom is 0.311 e. The molecule has 0 amide bonds. The van der Waals surface area contributed by atoms with Crippen LogP contribution < -0.4 is 5.32 Å². The van der Waals surface area contributed by atoms with E-state index >= 15 is 0 Å². The lowest BCUT2D eigenvalue weighted by molar-refractivity contribution is -0.299. The quantitative estimate of drug-likeness (QED) is 0.187. The molecule has 12 nitrogen and oxygen atoms in total. The lowest BCUT2D eigenvalue weighted by Gasteiger charge is -2.47. The van der Waals surface area contributed by atoms with Crippen LogP contribution in [0, 0.1) is 17.8 Å². The number of hydrogen-bond acceptors (Lipinski definition) is 11. The largest absolute Gasteiger partial charge is 0.459 e. The van der Waals surface area contributed by atoms with Crippen molar-refractivity contribution in [2.75, 3.05) is 20.6 Å². The molecule has 1 aromatic carbocycles. The zero-order valence-corrected chi connectivity index (χ0v) is 32.3. The first-order chi connectivity index (χ1) is 23.2. The summed E-state index contributed by atoms with van der Waals surface area (Å²) < 4.78 is 18.4. The molecule has 14 atom stereocenters. The average Bonchev–Trinajstić information content (AvgIpc) is 3.06. The first-order valence-electron chi connectivity index (χ1n) is 18.0. The van der Waals surface area contributed by atoms with Gasteiger partial charge in [0.2, 0.25) is 0 Å². The molecule has 0 saturated carbocycles. The molecule has 2 fully saturated rings. The van der Waals surface area contributed by atoms with Crippen molar-refractivity contribution in [2.45, 2.75) is 147 Å². The minimum Gasteiger partial charge on any atom is -0.459 e. The Hall–Kier alpha value is -1.94. The predicted octanol–water partition coefficient (Wildman–Crippen LogP) is 2.42. The van der Waals surface area contributed by atoms with Crippen molar-refractivity contribution >= 4 is 23.3 Å². The van der Waals surface area contributed by atoms with Crippen molar-refractivity contribution in [1.29, 1.82) is 0 Å². The number of esters is 1. The van der Waals surface area contributed by atoms with Gasteiger partial charge < -0.3 is 54.9 Å². The van der Waals surface area contributed by atoms with Gasteiger partial charge in [-0.1, -0.05) is 51.1 Å². The molecule has 2 heterocycles. The Morgan fingerprint density at radius 3 is 2.26 bits per heavy atom. The van der Waals surface area contributed by atoms with Gasteiger partial charge in [0.1, 0.15) is 23.9 Å². The summed E-state index contributed by atoms with van der Waals surface area (Å²) in [6, 6.07) is 8.70. The number of carbonyl (C=O) groups excluding carboxylic acids is 1. The van der Waals surface area contributed by atoms with E-state index in [0.29, 0.717) is 18.1 Å². The smallest absolute Gasteiger partial charge is 0.311 e. The fourth-order valence-electron chi connectivity index (χ4n) is 7.65. The van der Waals surface area contributed by atoms with Crippen molar-refractivity contribution in [3.63, 3.8) is 0 Å². The zero-order chi connectivity index (χ0) is 37.7. The number of ether oxygens (including phenoxy) is 3.